The highest BCUT2D eigenvalue weighted by Gasteiger charge is 2.50. The average molecular weight is 299 g/mol. The number of carboxylic acid groups (broad SMARTS) is 1. The molecule has 1 aromatic rings. The zero-order chi connectivity index (χ0) is 15.3. The van der Waals surface area contributed by atoms with Gasteiger partial charge >= 0.3 is 5.97 Å². The molecule has 114 valence electrons. The number of nitrogen functional groups attached to an aromatic ring is 1. The van der Waals surface area contributed by atoms with Crippen molar-refractivity contribution in [2.45, 2.75) is 24.5 Å². The summed E-state index contributed by atoms with van der Waals surface area (Å²) in [6.07, 6.45) is -5.78. The number of carbonyl (C=O) groups is 1. The van der Waals surface area contributed by atoms with Crippen LogP contribution >= 0.6 is 0 Å². The fraction of sp³-hybridized carbons (Fsp3) is 0.500. The monoisotopic (exact) mass is 299 g/mol. The Balaban J connectivity index is 1.95. The van der Waals surface area contributed by atoms with Gasteiger partial charge in [-0.1, -0.05) is 0 Å². The number of aliphatic carboxylic acids is 1. The van der Waals surface area contributed by atoms with Crippen LogP contribution in [-0.4, -0.2) is 62.5 Å². The van der Waals surface area contributed by atoms with Gasteiger partial charge in [-0.15, -0.1) is 0 Å². The Labute approximate surface area is 117 Å². The van der Waals surface area contributed by atoms with Crippen molar-refractivity contribution < 1.29 is 24.9 Å². The van der Waals surface area contributed by atoms with E-state index in [1.165, 1.54) is 4.90 Å². The molecule has 0 aliphatic carbocycles. The number of ether oxygens (including phenoxy) is 1. The normalized spacial score (nSPS) is 31.0. The van der Waals surface area contributed by atoms with Crippen LogP contribution in [-0.2, 0) is 9.53 Å². The van der Waals surface area contributed by atoms with Crippen molar-refractivity contribution in [1.29, 1.82) is 0 Å². The third-order valence-corrected chi connectivity index (χ3v) is 3.41. The number of carboxylic acids is 1. The van der Waals surface area contributed by atoms with Gasteiger partial charge in [-0.2, -0.15) is 4.98 Å². The molecule has 0 radical (unpaired) electrons. The number of H-pyrrole nitrogens is 1. The van der Waals surface area contributed by atoms with E-state index >= 15 is 0 Å². The molecule has 3 rings (SSSR count). The van der Waals surface area contributed by atoms with E-state index in [2.05, 4.69) is 15.3 Å². The summed E-state index contributed by atoms with van der Waals surface area (Å²) in [4.78, 5) is 30.2. The topological polar surface area (TPSA) is 174 Å². The Morgan fingerprint density at radius 1 is 1.43 bits per heavy atom. The Morgan fingerprint density at radius 3 is 2.76 bits per heavy atom. The van der Waals surface area contributed by atoms with Crippen molar-refractivity contribution >= 4 is 23.4 Å². The second kappa shape index (κ2) is 4.58. The third kappa shape index (κ3) is 1.98. The SMILES string of the molecule is Nc1nc2c(c(=O)[nH]1)NCN2[C@@H]1O[C@H](C(=O)O)[C@@H](O)[C@H]1O. The number of nitrogens with zero attached hydrogens (tertiary/aromatic N) is 2. The molecule has 11 nitrogen and oxygen atoms in total. The number of aromatic amines is 1. The van der Waals surface area contributed by atoms with Gasteiger partial charge in [0.05, 0.1) is 6.67 Å². The fourth-order valence-corrected chi connectivity index (χ4v) is 2.42. The Morgan fingerprint density at radius 2 is 2.14 bits per heavy atom. The lowest BCUT2D eigenvalue weighted by atomic mass is 10.1. The molecule has 7 N–H and O–H groups in total. The number of aliphatic hydroxyl groups excluding tert-OH is 2. The highest BCUT2D eigenvalue weighted by molar-refractivity contribution is 5.75. The molecular weight excluding hydrogens is 286 g/mol. The van der Waals surface area contributed by atoms with E-state index < -0.39 is 36.1 Å². The van der Waals surface area contributed by atoms with E-state index in [0.29, 0.717) is 0 Å². The molecule has 4 atom stereocenters. The van der Waals surface area contributed by atoms with E-state index in [9.17, 15) is 19.8 Å². The van der Waals surface area contributed by atoms with Crippen LogP contribution < -0.4 is 21.5 Å². The standard InChI is InChI=1S/C10H13N5O6/c11-10-13-6-2(7(18)14-10)12-1-15(6)8-4(17)3(16)5(21-8)9(19)20/h3-5,8,12,16-17H,1H2,(H,19,20)(H3,11,13,14,18)/t3-,4+,5-,8+/m0/s1. The van der Waals surface area contributed by atoms with Crippen molar-refractivity contribution in [1.82, 2.24) is 9.97 Å². The van der Waals surface area contributed by atoms with Crippen LogP contribution in [0, 0.1) is 0 Å². The molecule has 11 heteroatoms. The van der Waals surface area contributed by atoms with Gasteiger partial charge in [-0.05, 0) is 0 Å². The minimum absolute atomic E-state index is 0.0512. The Kier molecular flexibility index (Phi) is 2.97. The van der Waals surface area contributed by atoms with E-state index in [1.54, 1.807) is 0 Å². The summed E-state index contributed by atoms with van der Waals surface area (Å²) in [5.74, 6) is -1.40. The van der Waals surface area contributed by atoms with E-state index in [4.69, 9.17) is 15.6 Å². The van der Waals surface area contributed by atoms with E-state index in [1.807, 2.05) is 0 Å². The summed E-state index contributed by atoms with van der Waals surface area (Å²) in [6.45, 7) is 0.0512. The maximum absolute atomic E-state index is 11.7. The molecular formula is C10H13N5O6. The first-order valence-electron chi connectivity index (χ1n) is 6.05. The lowest BCUT2D eigenvalue weighted by molar-refractivity contribution is -0.153. The summed E-state index contributed by atoms with van der Waals surface area (Å²) >= 11 is 0. The number of hydrogen-bond acceptors (Lipinski definition) is 9. The van der Waals surface area contributed by atoms with E-state index in [0.717, 1.165) is 0 Å². The van der Waals surface area contributed by atoms with Gasteiger partial charge in [-0.25, -0.2) is 4.79 Å². The van der Waals surface area contributed by atoms with Gasteiger partial charge in [0.25, 0.3) is 5.56 Å². The van der Waals surface area contributed by atoms with E-state index in [-0.39, 0.29) is 24.1 Å². The van der Waals surface area contributed by atoms with Gasteiger partial charge in [0, 0.05) is 0 Å². The van der Waals surface area contributed by atoms with Crippen LogP contribution in [0.3, 0.4) is 0 Å². The number of hydrogen-bond donors (Lipinski definition) is 6. The smallest absolute Gasteiger partial charge is 0.335 e. The minimum atomic E-state index is -1.59. The number of rotatable bonds is 2. The third-order valence-electron chi connectivity index (χ3n) is 3.41. The van der Waals surface area contributed by atoms with Crippen molar-refractivity contribution in [3.05, 3.63) is 10.4 Å². The van der Waals surface area contributed by atoms with Crippen molar-refractivity contribution in [2.75, 3.05) is 22.6 Å². The molecule has 0 spiro atoms. The molecule has 2 aliphatic heterocycles. The molecule has 0 unspecified atom stereocenters. The number of anilines is 3. The zero-order valence-electron chi connectivity index (χ0n) is 10.6. The summed E-state index contributed by atoms with van der Waals surface area (Å²) in [6, 6.07) is 0. The van der Waals surface area contributed by atoms with Crippen LogP contribution in [0.2, 0.25) is 0 Å². The molecule has 1 aromatic heterocycles. The minimum Gasteiger partial charge on any atom is -0.479 e. The number of nitrogens with two attached hydrogens (primary N) is 1. The molecule has 1 fully saturated rings. The van der Waals surface area contributed by atoms with Gasteiger partial charge in [0.2, 0.25) is 5.95 Å². The Bertz CT molecular complexity index is 647. The van der Waals surface area contributed by atoms with Crippen molar-refractivity contribution in [2.24, 2.45) is 0 Å². The van der Waals surface area contributed by atoms with Gasteiger partial charge in [0.15, 0.2) is 18.1 Å². The van der Waals surface area contributed by atoms with Gasteiger partial charge in [-0.3, -0.25) is 9.78 Å². The molecule has 0 aromatic carbocycles. The highest BCUT2D eigenvalue weighted by atomic mass is 16.6. The summed E-state index contributed by atoms with van der Waals surface area (Å²) in [5, 5.41) is 31.3. The van der Waals surface area contributed by atoms with Gasteiger partial charge in [0.1, 0.15) is 17.9 Å². The molecule has 21 heavy (non-hydrogen) atoms. The summed E-state index contributed by atoms with van der Waals surface area (Å²) in [5.41, 5.74) is 5.10. The lowest BCUT2D eigenvalue weighted by Gasteiger charge is -2.26. The van der Waals surface area contributed by atoms with Crippen LogP contribution in [0.15, 0.2) is 4.79 Å². The predicted octanol–water partition coefficient (Wildman–Crippen LogP) is -2.93. The van der Waals surface area contributed by atoms with Crippen molar-refractivity contribution in [3.63, 3.8) is 0 Å². The largest absolute Gasteiger partial charge is 0.479 e. The number of nitrogens with one attached hydrogen (secondary N) is 2. The molecule has 2 aliphatic rings. The lowest BCUT2D eigenvalue weighted by Crippen LogP contribution is -2.44. The van der Waals surface area contributed by atoms with Crippen LogP contribution in [0.25, 0.3) is 0 Å². The Hall–Kier alpha value is -2.37. The first-order valence-corrected chi connectivity index (χ1v) is 6.05. The zero-order valence-corrected chi connectivity index (χ0v) is 10.6. The number of fused-ring (bicyclic) bond motifs is 1. The maximum Gasteiger partial charge on any atom is 0.335 e. The fourth-order valence-electron chi connectivity index (χ4n) is 2.42. The number of aliphatic hydroxyl groups is 2. The predicted molar refractivity (Wildman–Crippen MR) is 68.5 cm³/mol. The first kappa shape index (κ1) is 13.6. The molecule has 3 heterocycles. The maximum atomic E-state index is 11.7. The van der Waals surface area contributed by atoms with Gasteiger partial charge < -0.3 is 36.0 Å². The summed E-state index contributed by atoms with van der Waals surface area (Å²) < 4.78 is 5.16. The molecule has 0 bridgehead atoms. The highest BCUT2D eigenvalue weighted by Crippen LogP contribution is 2.33. The van der Waals surface area contributed by atoms with Crippen LogP contribution in [0.4, 0.5) is 17.5 Å². The second-order valence-electron chi connectivity index (χ2n) is 4.72. The van der Waals surface area contributed by atoms with Crippen molar-refractivity contribution in [3.8, 4) is 0 Å². The first-order chi connectivity index (χ1) is 9.90. The molecule has 0 saturated carbocycles. The van der Waals surface area contributed by atoms with Crippen LogP contribution in [0.1, 0.15) is 0 Å². The molecule has 1 saturated heterocycles. The average Bonchev–Trinajstić information content (AvgIpc) is 2.93. The second-order valence-corrected chi connectivity index (χ2v) is 4.72. The quantitative estimate of drug-likeness (QED) is 0.331. The summed E-state index contributed by atoms with van der Waals surface area (Å²) in [7, 11) is 0. The van der Waals surface area contributed by atoms with Crippen LogP contribution in [0.5, 0.6) is 0 Å². The molecule has 0 amide bonds. The number of aromatic nitrogens is 2.